The van der Waals surface area contributed by atoms with E-state index in [0.29, 0.717) is 17.2 Å². The zero-order chi connectivity index (χ0) is 17.4. The van der Waals surface area contributed by atoms with Crippen molar-refractivity contribution in [1.82, 2.24) is 5.43 Å². The van der Waals surface area contributed by atoms with E-state index in [0.717, 1.165) is 29.9 Å². The fraction of sp³-hybridized carbons (Fsp3) is 0.263. The largest absolute Gasteiger partial charge is 0.494 e. The summed E-state index contributed by atoms with van der Waals surface area (Å²) in [6, 6.07) is 14.5. The van der Waals surface area contributed by atoms with Crippen LogP contribution in [0.5, 0.6) is 5.75 Å². The minimum absolute atomic E-state index is 0.281. The van der Waals surface area contributed by atoms with Crippen LogP contribution in [0.1, 0.15) is 42.6 Å². The Balaban J connectivity index is 2.14. The van der Waals surface area contributed by atoms with Crippen LogP contribution < -0.4 is 10.2 Å². The van der Waals surface area contributed by atoms with Gasteiger partial charge in [0.05, 0.1) is 12.3 Å². The number of hydrogen-bond acceptors (Lipinski definition) is 3. The molecular weight excluding hydrogens is 324 g/mol. The molecule has 0 atom stereocenters. The Labute approximate surface area is 147 Å². The van der Waals surface area contributed by atoms with Crippen LogP contribution in [0.4, 0.5) is 0 Å². The van der Waals surface area contributed by atoms with Gasteiger partial charge in [-0.3, -0.25) is 4.79 Å². The van der Waals surface area contributed by atoms with Crippen molar-refractivity contribution in [2.45, 2.75) is 26.7 Å². The number of halogens is 1. The molecule has 4 nitrogen and oxygen atoms in total. The highest BCUT2D eigenvalue weighted by Crippen LogP contribution is 2.15. The Hall–Kier alpha value is -2.33. The van der Waals surface area contributed by atoms with Crippen LogP contribution in [0.15, 0.2) is 53.6 Å². The summed E-state index contributed by atoms with van der Waals surface area (Å²) in [5.74, 6) is 0.539. The fourth-order valence-corrected chi connectivity index (χ4v) is 2.41. The fourth-order valence-electron chi connectivity index (χ4n) is 2.22. The van der Waals surface area contributed by atoms with Gasteiger partial charge in [-0.05, 0) is 61.4 Å². The Kier molecular flexibility index (Phi) is 6.82. The van der Waals surface area contributed by atoms with Crippen molar-refractivity contribution >= 4 is 23.2 Å². The van der Waals surface area contributed by atoms with Gasteiger partial charge < -0.3 is 4.74 Å². The molecule has 2 aromatic rings. The Morgan fingerprint density at radius 2 is 1.88 bits per heavy atom. The topological polar surface area (TPSA) is 50.7 Å². The second-order valence-electron chi connectivity index (χ2n) is 5.22. The molecule has 0 radical (unpaired) electrons. The van der Waals surface area contributed by atoms with Gasteiger partial charge >= 0.3 is 0 Å². The average molecular weight is 345 g/mol. The van der Waals surface area contributed by atoms with Crippen LogP contribution in [-0.2, 0) is 0 Å². The predicted octanol–water partition coefficient (Wildman–Crippen LogP) is 4.67. The van der Waals surface area contributed by atoms with Crippen LogP contribution in [0.3, 0.4) is 0 Å². The van der Waals surface area contributed by atoms with Crippen LogP contribution in [0.25, 0.3) is 0 Å². The highest BCUT2D eigenvalue weighted by Gasteiger charge is 2.07. The number of ether oxygens (including phenoxy) is 1. The van der Waals surface area contributed by atoms with Gasteiger partial charge in [-0.25, -0.2) is 5.43 Å². The molecule has 2 rings (SSSR count). The molecule has 5 heteroatoms. The number of nitrogens with zero attached hydrogens (tertiary/aromatic N) is 1. The summed E-state index contributed by atoms with van der Waals surface area (Å²) in [5.41, 5.74) is 4.88. The quantitative estimate of drug-likeness (QED) is 0.586. The summed E-state index contributed by atoms with van der Waals surface area (Å²) < 4.78 is 5.45. The van der Waals surface area contributed by atoms with E-state index in [9.17, 15) is 4.79 Å². The number of carbonyl (C=O) groups is 1. The Bertz CT molecular complexity index is 712. The highest BCUT2D eigenvalue weighted by molar-refractivity contribution is 6.30. The summed E-state index contributed by atoms with van der Waals surface area (Å²) in [7, 11) is 0. The van der Waals surface area contributed by atoms with E-state index in [-0.39, 0.29) is 5.91 Å². The van der Waals surface area contributed by atoms with E-state index in [4.69, 9.17) is 16.3 Å². The molecule has 2 aromatic carbocycles. The number of hydrogen-bond donors (Lipinski definition) is 1. The standard InChI is InChI=1S/C19H21ClN2O2/c1-3-6-18(14-9-11-17(12-10-14)24-4-2)21-22-19(23)15-7-5-8-16(20)13-15/h5,7-13H,3-4,6H2,1-2H3,(H,22,23). The first-order chi connectivity index (χ1) is 11.6. The Morgan fingerprint density at radius 3 is 2.50 bits per heavy atom. The second kappa shape index (κ2) is 9.08. The van der Waals surface area contributed by atoms with Gasteiger partial charge in [-0.1, -0.05) is 31.0 Å². The van der Waals surface area contributed by atoms with Gasteiger partial charge in [0.25, 0.3) is 5.91 Å². The molecule has 0 saturated heterocycles. The van der Waals surface area contributed by atoms with E-state index < -0.39 is 0 Å². The number of nitrogens with one attached hydrogen (secondary N) is 1. The first-order valence-corrected chi connectivity index (χ1v) is 8.37. The number of carbonyl (C=O) groups excluding carboxylic acids is 1. The number of hydrazone groups is 1. The van der Waals surface area contributed by atoms with E-state index >= 15 is 0 Å². The van der Waals surface area contributed by atoms with Gasteiger partial charge in [0.15, 0.2) is 0 Å². The summed E-state index contributed by atoms with van der Waals surface area (Å²) in [6.07, 6.45) is 1.70. The third-order valence-electron chi connectivity index (χ3n) is 3.36. The van der Waals surface area contributed by atoms with Crippen molar-refractivity contribution in [2.24, 2.45) is 5.10 Å². The number of benzene rings is 2. The number of amides is 1. The van der Waals surface area contributed by atoms with Gasteiger partial charge in [-0.2, -0.15) is 5.10 Å². The van der Waals surface area contributed by atoms with Gasteiger partial charge in [0.2, 0.25) is 0 Å². The molecule has 126 valence electrons. The molecule has 0 unspecified atom stereocenters. The summed E-state index contributed by atoms with van der Waals surface area (Å²) in [4.78, 5) is 12.2. The molecule has 1 amide bonds. The maximum absolute atomic E-state index is 12.2. The van der Waals surface area contributed by atoms with Crippen molar-refractivity contribution in [3.05, 3.63) is 64.7 Å². The second-order valence-corrected chi connectivity index (χ2v) is 5.65. The van der Waals surface area contributed by atoms with Gasteiger partial charge in [-0.15, -0.1) is 0 Å². The van der Waals surface area contributed by atoms with Crippen LogP contribution in [0, 0.1) is 0 Å². The third kappa shape index (κ3) is 5.10. The average Bonchev–Trinajstić information content (AvgIpc) is 2.59. The maximum Gasteiger partial charge on any atom is 0.271 e. The lowest BCUT2D eigenvalue weighted by Crippen LogP contribution is -2.20. The van der Waals surface area contributed by atoms with Gasteiger partial charge in [0, 0.05) is 10.6 Å². The normalized spacial score (nSPS) is 11.2. The summed E-state index contributed by atoms with van der Waals surface area (Å²) in [5, 5.41) is 4.82. The molecule has 0 aliphatic carbocycles. The molecule has 0 fully saturated rings. The lowest BCUT2D eigenvalue weighted by Gasteiger charge is -2.08. The molecule has 0 saturated carbocycles. The van der Waals surface area contributed by atoms with E-state index in [1.807, 2.05) is 31.2 Å². The molecule has 0 aliphatic rings. The predicted molar refractivity (Wildman–Crippen MR) is 98.0 cm³/mol. The molecule has 24 heavy (non-hydrogen) atoms. The molecule has 0 aliphatic heterocycles. The highest BCUT2D eigenvalue weighted by atomic mass is 35.5. The minimum atomic E-state index is -0.281. The molecule has 0 bridgehead atoms. The zero-order valence-electron chi connectivity index (χ0n) is 13.9. The van der Waals surface area contributed by atoms with Crippen molar-refractivity contribution < 1.29 is 9.53 Å². The maximum atomic E-state index is 12.2. The van der Waals surface area contributed by atoms with Crippen molar-refractivity contribution in [3.63, 3.8) is 0 Å². The van der Waals surface area contributed by atoms with E-state index in [1.165, 1.54) is 0 Å². The number of rotatable bonds is 7. The summed E-state index contributed by atoms with van der Waals surface area (Å²) >= 11 is 5.91. The van der Waals surface area contributed by atoms with Crippen molar-refractivity contribution in [2.75, 3.05) is 6.61 Å². The zero-order valence-corrected chi connectivity index (χ0v) is 14.6. The SMILES string of the molecule is CCCC(=NNC(=O)c1cccc(Cl)c1)c1ccc(OCC)cc1. The molecule has 0 heterocycles. The molecule has 1 N–H and O–H groups in total. The monoisotopic (exact) mass is 344 g/mol. The summed E-state index contributed by atoms with van der Waals surface area (Å²) in [6.45, 7) is 4.65. The van der Waals surface area contributed by atoms with Crippen LogP contribution in [0.2, 0.25) is 5.02 Å². The molecule has 0 aromatic heterocycles. The third-order valence-corrected chi connectivity index (χ3v) is 3.60. The minimum Gasteiger partial charge on any atom is -0.494 e. The van der Waals surface area contributed by atoms with Crippen LogP contribution in [-0.4, -0.2) is 18.2 Å². The first-order valence-electron chi connectivity index (χ1n) is 7.99. The van der Waals surface area contributed by atoms with Gasteiger partial charge in [0.1, 0.15) is 5.75 Å². The molecule has 0 spiro atoms. The lowest BCUT2D eigenvalue weighted by molar-refractivity contribution is 0.0955. The van der Waals surface area contributed by atoms with Crippen LogP contribution >= 0.6 is 11.6 Å². The lowest BCUT2D eigenvalue weighted by atomic mass is 10.1. The van der Waals surface area contributed by atoms with Crippen molar-refractivity contribution in [1.29, 1.82) is 0 Å². The van der Waals surface area contributed by atoms with Crippen molar-refractivity contribution in [3.8, 4) is 5.75 Å². The van der Waals surface area contributed by atoms with E-state index in [2.05, 4.69) is 17.5 Å². The first kappa shape index (κ1) is 18.0. The molecular formula is C19H21ClN2O2. The smallest absolute Gasteiger partial charge is 0.271 e. The van der Waals surface area contributed by atoms with E-state index in [1.54, 1.807) is 24.3 Å². The Morgan fingerprint density at radius 1 is 1.12 bits per heavy atom.